The Morgan fingerprint density at radius 3 is 2.89 bits per heavy atom. The van der Waals surface area contributed by atoms with Crippen molar-refractivity contribution < 1.29 is 9.18 Å². The minimum absolute atomic E-state index is 0.0784. The number of carbonyl (C=O) groups excluding carboxylic acids is 1. The molecule has 1 aliphatic rings. The number of carbonyl (C=O) groups is 1. The number of rotatable bonds is 6. The first kappa shape index (κ1) is 18.5. The van der Waals surface area contributed by atoms with Crippen molar-refractivity contribution in [1.82, 2.24) is 14.8 Å². The third-order valence-electron chi connectivity index (χ3n) is 4.74. The van der Waals surface area contributed by atoms with Gasteiger partial charge in [-0.05, 0) is 35.7 Å². The van der Waals surface area contributed by atoms with Crippen molar-refractivity contribution in [2.75, 3.05) is 0 Å². The van der Waals surface area contributed by atoms with E-state index in [0.717, 1.165) is 33.7 Å². The predicted octanol–water partition coefficient (Wildman–Crippen LogP) is 3.70. The second-order valence-electron chi connectivity index (χ2n) is 6.86. The normalized spacial score (nSPS) is 12.8. The lowest BCUT2D eigenvalue weighted by Gasteiger charge is -2.06. The summed E-state index contributed by atoms with van der Waals surface area (Å²) in [7, 11) is 1.87. The van der Waals surface area contributed by atoms with Crippen LogP contribution >= 0.6 is 11.6 Å². The minimum atomic E-state index is -0.452. The number of aryl methyl sites for hydroxylation is 2. The van der Waals surface area contributed by atoms with Crippen LogP contribution < -0.4 is 0 Å². The van der Waals surface area contributed by atoms with Gasteiger partial charge in [-0.2, -0.15) is 5.10 Å². The van der Waals surface area contributed by atoms with Gasteiger partial charge in [0, 0.05) is 49.1 Å². The number of Topliss-reactive ketones (excluding diaryl/α,β-unsaturated/α-hetero) is 1. The molecule has 0 bridgehead atoms. The summed E-state index contributed by atoms with van der Waals surface area (Å²) < 4.78 is 15.0. The van der Waals surface area contributed by atoms with Gasteiger partial charge in [0.2, 0.25) is 0 Å². The van der Waals surface area contributed by atoms with Crippen LogP contribution in [0.2, 0.25) is 5.02 Å². The van der Waals surface area contributed by atoms with Gasteiger partial charge in [0.1, 0.15) is 11.6 Å². The Hall–Kier alpha value is -2.86. The molecule has 0 atom stereocenters. The van der Waals surface area contributed by atoms with Crippen molar-refractivity contribution in [3.63, 3.8) is 0 Å². The first-order valence-corrected chi connectivity index (χ1v) is 9.34. The quantitative estimate of drug-likeness (QED) is 0.638. The third kappa shape index (κ3) is 3.87. The fraction of sp³-hybridized carbons (Fsp3) is 0.238. The average molecular weight is 397 g/mol. The molecule has 0 saturated heterocycles. The summed E-state index contributed by atoms with van der Waals surface area (Å²) in [5, 5.41) is 4.27. The van der Waals surface area contributed by atoms with Gasteiger partial charge in [0.05, 0.1) is 23.5 Å². The molecule has 0 fully saturated rings. The summed E-state index contributed by atoms with van der Waals surface area (Å²) >= 11 is 5.78. The van der Waals surface area contributed by atoms with Gasteiger partial charge in [-0.1, -0.05) is 17.7 Å². The van der Waals surface area contributed by atoms with Gasteiger partial charge >= 0.3 is 0 Å². The number of hydrogen-bond acceptors (Lipinski definition) is 4. The van der Waals surface area contributed by atoms with Gasteiger partial charge in [-0.25, -0.2) is 4.39 Å². The Morgan fingerprint density at radius 1 is 1.29 bits per heavy atom. The summed E-state index contributed by atoms with van der Waals surface area (Å²) in [6, 6.07) is 6.49. The molecule has 3 aromatic rings. The molecule has 0 spiro atoms. The largest absolute Gasteiger partial charge is 0.299 e. The van der Waals surface area contributed by atoms with Crippen LogP contribution in [0, 0.1) is 5.82 Å². The van der Waals surface area contributed by atoms with Crippen LogP contribution in [0.1, 0.15) is 34.4 Å². The molecule has 0 aliphatic carbocycles. The van der Waals surface area contributed by atoms with Crippen LogP contribution in [0.5, 0.6) is 0 Å². The summed E-state index contributed by atoms with van der Waals surface area (Å²) in [6.45, 7) is 0.581. The molecule has 0 radical (unpaired) electrons. The fourth-order valence-electron chi connectivity index (χ4n) is 3.30. The van der Waals surface area contributed by atoms with Crippen LogP contribution in [-0.2, 0) is 31.2 Å². The number of hydrogen-bond donors (Lipinski definition) is 0. The maximum absolute atomic E-state index is 13.2. The lowest BCUT2D eigenvalue weighted by Crippen LogP contribution is -2.08. The molecule has 1 aromatic carbocycles. The zero-order valence-corrected chi connectivity index (χ0v) is 16.1. The zero-order valence-electron chi connectivity index (χ0n) is 15.3. The molecule has 5 nitrogen and oxygen atoms in total. The summed E-state index contributed by atoms with van der Waals surface area (Å²) in [4.78, 5) is 21.4. The maximum Gasteiger partial charge on any atom is 0.141 e. The van der Waals surface area contributed by atoms with Crippen LogP contribution in [0.3, 0.4) is 0 Å². The Labute approximate surface area is 166 Å². The minimum Gasteiger partial charge on any atom is -0.299 e. The first-order valence-electron chi connectivity index (χ1n) is 8.97. The van der Waals surface area contributed by atoms with E-state index in [9.17, 15) is 9.18 Å². The smallest absolute Gasteiger partial charge is 0.141 e. The van der Waals surface area contributed by atoms with Crippen LogP contribution in [0.4, 0.5) is 4.39 Å². The van der Waals surface area contributed by atoms with E-state index < -0.39 is 5.82 Å². The van der Waals surface area contributed by atoms with Crippen LogP contribution in [-0.4, -0.2) is 26.3 Å². The lowest BCUT2D eigenvalue weighted by molar-refractivity contribution is -0.118. The number of nitrogens with zero attached hydrogens (tertiary/aromatic N) is 4. The van der Waals surface area contributed by atoms with E-state index in [4.69, 9.17) is 11.6 Å². The Morgan fingerprint density at radius 2 is 2.14 bits per heavy atom. The standard InChI is InChI=1S/C21H18ClFN4O/c1-27-12-15(10-26-27)21-18-11-24-16(7-14(18)9-25-21)8-17(28)4-2-13-3-5-20(23)19(22)6-13/h3,5-7,10-12H,2,4,8-9H2,1H3. The zero-order chi connectivity index (χ0) is 19.7. The molecular formula is C21H18ClFN4O. The second-order valence-corrected chi connectivity index (χ2v) is 7.27. The van der Waals surface area contributed by atoms with Crippen LogP contribution in [0.25, 0.3) is 0 Å². The van der Waals surface area contributed by atoms with Crippen molar-refractivity contribution in [3.8, 4) is 0 Å². The topological polar surface area (TPSA) is 60.1 Å². The molecule has 4 rings (SSSR count). The molecule has 28 heavy (non-hydrogen) atoms. The van der Waals surface area contributed by atoms with Crippen molar-refractivity contribution in [2.45, 2.75) is 25.8 Å². The van der Waals surface area contributed by atoms with Gasteiger partial charge < -0.3 is 0 Å². The predicted molar refractivity (Wildman–Crippen MR) is 105 cm³/mol. The van der Waals surface area contributed by atoms with Gasteiger partial charge in [-0.15, -0.1) is 0 Å². The van der Waals surface area contributed by atoms with E-state index in [1.807, 2.05) is 19.3 Å². The van der Waals surface area contributed by atoms with Crippen molar-refractivity contribution in [1.29, 1.82) is 0 Å². The Bertz CT molecular complexity index is 1090. The van der Waals surface area contributed by atoms with E-state index in [0.29, 0.717) is 19.4 Å². The lowest BCUT2D eigenvalue weighted by atomic mass is 10.0. The number of aromatic nitrogens is 3. The summed E-state index contributed by atoms with van der Waals surface area (Å²) in [6.07, 6.45) is 6.65. The SMILES string of the molecule is Cn1cc(C2=NCc3cc(CC(=O)CCc4ccc(F)c(Cl)c4)ncc32)cn1. The average Bonchev–Trinajstić information content (AvgIpc) is 3.28. The van der Waals surface area contributed by atoms with E-state index >= 15 is 0 Å². The van der Waals surface area contributed by atoms with E-state index in [1.165, 1.54) is 6.07 Å². The number of pyridine rings is 1. The number of fused-ring (bicyclic) bond motifs is 1. The fourth-order valence-corrected chi connectivity index (χ4v) is 3.50. The highest BCUT2D eigenvalue weighted by Crippen LogP contribution is 2.23. The molecule has 142 valence electrons. The number of ketones is 1. The van der Waals surface area contributed by atoms with Gasteiger partial charge in [0.15, 0.2) is 0 Å². The van der Waals surface area contributed by atoms with Gasteiger partial charge in [0.25, 0.3) is 0 Å². The van der Waals surface area contributed by atoms with Crippen LogP contribution in [0.15, 0.2) is 47.8 Å². The molecule has 0 amide bonds. The number of benzene rings is 1. The molecular weight excluding hydrogens is 379 g/mol. The monoisotopic (exact) mass is 396 g/mol. The highest BCUT2D eigenvalue weighted by molar-refractivity contribution is 6.30. The Balaban J connectivity index is 1.39. The second kappa shape index (κ2) is 7.64. The van der Waals surface area contributed by atoms with Crippen molar-refractivity contribution in [3.05, 3.63) is 81.6 Å². The third-order valence-corrected chi connectivity index (χ3v) is 5.03. The Kier molecular flexibility index (Phi) is 5.05. The molecule has 0 saturated carbocycles. The molecule has 0 unspecified atom stereocenters. The number of aliphatic imine (C=N–C) groups is 1. The molecule has 0 N–H and O–H groups in total. The molecule has 7 heteroatoms. The van der Waals surface area contributed by atoms with E-state index in [1.54, 1.807) is 29.2 Å². The van der Waals surface area contributed by atoms with E-state index in [2.05, 4.69) is 15.1 Å². The van der Waals surface area contributed by atoms with Gasteiger partial charge in [-0.3, -0.25) is 19.5 Å². The highest BCUT2D eigenvalue weighted by atomic mass is 35.5. The molecule has 3 heterocycles. The van der Waals surface area contributed by atoms with Crippen molar-refractivity contribution in [2.24, 2.45) is 12.0 Å². The summed E-state index contributed by atoms with van der Waals surface area (Å²) in [5.41, 5.74) is 5.50. The van der Waals surface area contributed by atoms with Crippen molar-refractivity contribution >= 4 is 23.1 Å². The highest BCUT2D eigenvalue weighted by Gasteiger charge is 2.20. The summed E-state index contributed by atoms with van der Waals surface area (Å²) in [5.74, 6) is -0.369. The first-order chi connectivity index (χ1) is 13.5. The molecule has 1 aliphatic heterocycles. The maximum atomic E-state index is 13.2. The molecule has 2 aromatic heterocycles. The van der Waals surface area contributed by atoms with E-state index in [-0.39, 0.29) is 17.2 Å². The number of halogens is 2.